The molecule has 25 heavy (non-hydrogen) atoms. The van der Waals surface area contributed by atoms with E-state index in [2.05, 4.69) is 15.9 Å². The van der Waals surface area contributed by atoms with Gasteiger partial charge in [0.1, 0.15) is 12.1 Å². The second-order valence-electron chi connectivity index (χ2n) is 7.14. The van der Waals surface area contributed by atoms with Crippen LogP contribution in [0.5, 0.6) is 0 Å². The van der Waals surface area contributed by atoms with Crippen molar-refractivity contribution in [3.63, 3.8) is 0 Å². The van der Waals surface area contributed by atoms with Gasteiger partial charge >= 0.3 is 5.97 Å². The molecule has 0 aromatic heterocycles. The lowest BCUT2D eigenvalue weighted by molar-refractivity contribution is -0.158. The first kappa shape index (κ1) is 19.4. The quantitative estimate of drug-likeness (QED) is 0.715. The Hall–Kier alpha value is -1.89. The summed E-state index contributed by atoms with van der Waals surface area (Å²) in [5.41, 5.74) is 0.151. The molecule has 0 radical (unpaired) electrons. The summed E-state index contributed by atoms with van der Waals surface area (Å²) in [6.45, 7) is 5.50. The number of anilines is 1. The fourth-order valence-corrected chi connectivity index (χ4v) is 3.23. The maximum atomic E-state index is 12.6. The number of carbonyl (C=O) groups is 3. The van der Waals surface area contributed by atoms with Crippen molar-refractivity contribution in [3.05, 3.63) is 28.7 Å². The lowest BCUT2D eigenvalue weighted by Gasteiger charge is -2.24. The molecule has 2 amide bonds. The molecule has 1 aliphatic rings. The molecule has 2 rings (SSSR count). The summed E-state index contributed by atoms with van der Waals surface area (Å²) in [4.78, 5) is 39.7. The average Bonchev–Trinajstić information content (AvgIpc) is 2.86. The minimum atomic E-state index is -0.597. The van der Waals surface area contributed by atoms with Crippen molar-refractivity contribution >= 4 is 39.4 Å². The normalized spacial score (nSPS) is 17.6. The van der Waals surface area contributed by atoms with Crippen LogP contribution in [0.15, 0.2) is 28.7 Å². The largest absolute Gasteiger partial charge is 0.459 e. The Bertz CT molecular complexity index is 684. The number of hydrogen-bond donors (Lipinski definition) is 0. The first-order chi connectivity index (χ1) is 11.6. The Balaban J connectivity index is 2.00. The number of likely N-dealkylation sites (N-methyl/N-ethyl adjacent to an activating group) is 1. The highest BCUT2D eigenvalue weighted by Gasteiger charge is 2.37. The summed E-state index contributed by atoms with van der Waals surface area (Å²) in [5.74, 6) is -1.26. The van der Waals surface area contributed by atoms with Crippen molar-refractivity contribution in [1.82, 2.24) is 4.90 Å². The highest BCUT2D eigenvalue weighted by atomic mass is 79.9. The molecular weight excluding hydrogens is 388 g/mol. The Labute approximate surface area is 156 Å². The average molecular weight is 411 g/mol. The number of amides is 2. The molecule has 0 N–H and O–H groups in total. The molecule has 0 aliphatic carbocycles. The number of nitrogens with zero attached hydrogens (tertiary/aromatic N) is 2. The monoisotopic (exact) mass is 410 g/mol. The highest BCUT2D eigenvalue weighted by Crippen LogP contribution is 2.31. The third-order valence-electron chi connectivity index (χ3n) is 3.78. The number of esters is 1. The van der Waals surface area contributed by atoms with Crippen LogP contribution in [-0.2, 0) is 19.1 Å². The van der Waals surface area contributed by atoms with E-state index in [0.717, 1.165) is 10.2 Å². The molecule has 1 aromatic carbocycles. The van der Waals surface area contributed by atoms with Gasteiger partial charge in [-0.15, -0.1) is 0 Å². The lowest BCUT2D eigenvalue weighted by Crippen LogP contribution is -2.40. The summed E-state index contributed by atoms with van der Waals surface area (Å²) in [6, 6.07) is 7.40. The number of ether oxygens (including phenoxy) is 1. The molecule has 1 atom stereocenters. The summed E-state index contributed by atoms with van der Waals surface area (Å²) in [7, 11) is 1.55. The maximum Gasteiger partial charge on any atom is 0.326 e. The van der Waals surface area contributed by atoms with E-state index in [1.807, 2.05) is 24.3 Å². The number of rotatable bonds is 4. The Morgan fingerprint density at radius 1 is 1.32 bits per heavy atom. The minimum absolute atomic E-state index is 0.101. The summed E-state index contributed by atoms with van der Waals surface area (Å²) < 4.78 is 6.04. The molecule has 6 nitrogen and oxygen atoms in total. The fraction of sp³-hybridized carbons (Fsp3) is 0.500. The SMILES string of the molecule is CN(CC(=O)OC(C)(C)C)C(=O)C1CC(=O)N(c2ccccc2Br)C1. The standard InChI is InChI=1S/C18H23BrN2O4/c1-18(2,3)25-16(23)11-20(4)17(24)12-9-15(22)21(10-12)14-8-6-5-7-13(14)19/h5-8,12H,9-11H2,1-4H3. The predicted octanol–water partition coefficient (Wildman–Crippen LogP) is 2.60. The molecular formula is C18H23BrN2O4. The van der Waals surface area contributed by atoms with E-state index in [4.69, 9.17) is 4.74 Å². The molecule has 1 aliphatic heterocycles. The first-order valence-electron chi connectivity index (χ1n) is 8.10. The first-order valence-corrected chi connectivity index (χ1v) is 8.89. The molecule has 7 heteroatoms. The molecule has 1 saturated heterocycles. The molecule has 1 aromatic rings. The van der Waals surface area contributed by atoms with Crippen molar-refractivity contribution in [2.75, 3.05) is 25.0 Å². The predicted molar refractivity (Wildman–Crippen MR) is 98.1 cm³/mol. The van der Waals surface area contributed by atoms with Crippen molar-refractivity contribution in [2.45, 2.75) is 32.8 Å². The van der Waals surface area contributed by atoms with Crippen LogP contribution >= 0.6 is 15.9 Å². The van der Waals surface area contributed by atoms with E-state index < -0.39 is 17.5 Å². The molecule has 1 unspecified atom stereocenters. The van der Waals surface area contributed by atoms with Crippen molar-refractivity contribution in [3.8, 4) is 0 Å². The summed E-state index contributed by atoms with van der Waals surface area (Å²) in [6.07, 6.45) is 0.138. The van der Waals surface area contributed by atoms with E-state index in [-0.39, 0.29) is 24.8 Å². The smallest absolute Gasteiger partial charge is 0.326 e. The van der Waals surface area contributed by atoms with E-state index in [1.165, 1.54) is 4.90 Å². The van der Waals surface area contributed by atoms with Gasteiger partial charge in [-0.2, -0.15) is 0 Å². The zero-order valence-corrected chi connectivity index (χ0v) is 16.5. The van der Waals surface area contributed by atoms with Gasteiger partial charge in [0, 0.05) is 24.5 Å². The van der Waals surface area contributed by atoms with Crippen LogP contribution < -0.4 is 4.90 Å². The van der Waals surface area contributed by atoms with Crippen LogP contribution in [0.2, 0.25) is 0 Å². The molecule has 1 fully saturated rings. The molecule has 0 spiro atoms. The zero-order valence-electron chi connectivity index (χ0n) is 14.9. The second kappa shape index (κ2) is 7.56. The molecule has 0 bridgehead atoms. The number of halogens is 1. The van der Waals surface area contributed by atoms with Crippen LogP contribution in [0.3, 0.4) is 0 Å². The van der Waals surface area contributed by atoms with Crippen LogP contribution in [0.25, 0.3) is 0 Å². The Morgan fingerprint density at radius 2 is 1.96 bits per heavy atom. The van der Waals surface area contributed by atoms with Gasteiger partial charge in [-0.25, -0.2) is 0 Å². The van der Waals surface area contributed by atoms with E-state index in [9.17, 15) is 14.4 Å². The van der Waals surface area contributed by atoms with Crippen LogP contribution in [0.1, 0.15) is 27.2 Å². The van der Waals surface area contributed by atoms with Gasteiger partial charge in [0.15, 0.2) is 0 Å². The number of hydrogen-bond acceptors (Lipinski definition) is 4. The third-order valence-corrected chi connectivity index (χ3v) is 4.45. The van der Waals surface area contributed by atoms with Crippen LogP contribution in [0.4, 0.5) is 5.69 Å². The molecule has 1 heterocycles. The molecule has 136 valence electrons. The number of benzene rings is 1. The van der Waals surface area contributed by atoms with Crippen molar-refractivity contribution < 1.29 is 19.1 Å². The fourth-order valence-electron chi connectivity index (χ4n) is 2.73. The number of para-hydroxylation sites is 1. The topological polar surface area (TPSA) is 66.9 Å². The van der Waals surface area contributed by atoms with Gasteiger partial charge in [-0.1, -0.05) is 12.1 Å². The van der Waals surface area contributed by atoms with Gasteiger partial charge < -0.3 is 14.5 Å². The Kier molecular flexibility index (Phi) is 5.87. The van der Waals surface area contributed by atoms with Crippen LogP contribution in [0, 0.1) is 5.92 Å². The van der Waals surface area contributed by atoms with Crippen molar-refractivity contribution in [1.29, 1.82) is 0 Å². The highest BCUT2D eigenvalue weighted by molar-refractivity contribution is 9.10. The van der Waals surface area contributed by atoms with E-state index >= 15 is 0 Å². The van der Waals surface area contributed by atoms with Gasteiger partial charge in [-0.3, -0.25) is 14.4 Å². The van der Waals surface area contributed by atoms with Gasteiger partial charge in [0.25, 0.3) is 0 Å². The van der Waals surface area contributed by atoms with E-state index in [1.54, 1.807) is 32.7 Å². The number of carbonyl (C=O) groups excluding carboxylic acids is 3. The summed E-state index contributed by atoms with van der Waals surface area (Å²) in [5, 5.41) is 0. The lowest BCUT2D eigenvalue weighted by atomic mass is 10.1. The zero-order chi connectivity index (χ0) is 18.8. The molecule has 0 saturated carbocycles. The van der Waals surface area contributed by atoms with Gasteiger partial charge in [0.2, 0.25) is 11.8 Å². The van der Waals surface area contributed by atoms with Gasteiger partial charge in [-0.05, 0) is 48.8 Å². The van der Waals surface area contributed by atoms with E-state index in [0.29, 0.717) is 6.54 Å². The second-order valence-corrected chi connectivity index (χ2v) is 7.99. The third kappa shape index (κ3) is 5.04. The van der Waals surface area contributed by atoms with Gasteiger partial charge in [0.05, 0.1) is 11.6 Å². The Morgan fingerprint density at radius 3 is 2.56 bits per heavy atom. The van der Waals surface area contributed by atoms with Crippen LogP contribution in [-0.4, -0.2) is 48.4 Å². The van der Waals surface area contributed by atoms with Crippen molar-refractivity contribution in [2.24, 2.45) is 5.92 Å². The minimum Gasteiger partial charge on any atom is -0.459 e. The summed E-state index contributed by atoms with van der Waals surface area (Å²) >= 11 is 3.43. The maximum absolute atomic E-state index is 12.6.